The Morgan fingerprint density at radius 3 is 1.32 bits per heavy atom. The lowest BCUT2D eigenvalue weighted by Crippen LogP contribution is -2.38. The van der Waals surface area contributed by atoms with Crippen LogP contribution in [0.15, 0.2) is 36.4 Å². The van der Waals surface area contributed by atoms with Crippen LogP contribution in [0.5, 0.6) is 0 Å². The molecule has 2 aliphatic carbocycles. The van der Waals surface area contributed by atoms with Crippen molar-refractivity contribution in [3.8, 4) is 0 Å². The molecule has 2 aliphatic rings. The molecule has 1 aromatic rings. The van der Waals surface area contributed by atoms with Gasteiger partial charge in [-0.15, -0.1) is 0 Å². The smallest absolute Gasteiger partial charge is 0.00708 e. The summed E-state index contributed by atoms with van der Waals surface area (Å²) in [5.41, 5.74) is 5.82. The third-order valence-corrected chi connectivity index (χ3v) is 3.49. The molecule has 0 aromatic heterocycles. The van der Waals surface area contributed by atoms with Gasteiger partial charge in [-0.3, -0.25) is 0 Å². The number of nitrogens with one attached hydrogen (secondary N) is 1. The fourth-order valence-corrected chi connectivity index (χ4v) is 2.25. The number of nitrogens with two attached hydrogens (primary N) is 1. The van der Waals surface area contributed by atoms with E-state index in [9.17, 15) is 0 Å². The zero-order valence-electron chi connectivity index (χ0n) is 12.5. The number of rotatable bonds is 2. The fourth-order valence-electron chi connectivity index (χ4n) is 2.25. The van der Waals surface area contributed by atoms with Gasteiger partial charge in [0.25, 0.3) is 0 Å². The maximum atomic E-state index is 5.82. The standard InChI is InChI=1S/C9H18N2.C6H6.C2H6/c10-7-1-3-8(4-2-7)11-9-5-6-9;1-2-4-6-5-3-1;1-2/h7-9,11H,1-6,10H2;1-6H;1-2H3. The van der Waals surface area contributed by atoms with Crippen molar-refractivity contribution in [1.82, 2.24) is 5.32 Å². The van der Waals surface area contributed by atoms with Gasteiger partial charge in [-0.1, -0.05) is 50.2 Å². The summed E-state index contributed by atoms with van der Waals surface area (Å²) in [5.74, 6) is 0. The molecule has 0 aliphatic heterocycles. The molecule has 0 bridgehead atoms. The third-order valence-electron chi connectivity index (χ3n) is 3.49. The van der Waals surface area contributed by atoms with Crippen LogP contribution in [0.25, 0.3) is 0 Å². The summed E-state index contributed by atoms with van der Waals surface area (Å²) in [6.07, 6.45) is 7.87. The molecular weight excluding hydrogens is 232 g/mol. The van der Waals surface area contributed by atoms with Gasteiger partial charge in [-0.05, 0) is 38.5 Å². The highest BCUT2D eigenvalue weighted by molar-refractivity contribution is 4.99. The first kappa shape index (κ1) is 16.2. The van der Waals surface area contributed by atoms with Crippen LogP contribution < -0.4 is 11.1 Å². The molecule has 0 amide bonds. The van der Waals surface area contributed by atoms with Gasteiger partial charge in [0, 0.05) is 18.1 Å². The van der Waals surface area contributed by atoms with Crippen LogP contribution in [-0.2, 0) is 0 Å². The lowest BCUT2D eigenvalue weighted by atomic mass is 9.92. The van der Waals surface area contributed by atoms with Crippen LogP contribution in [0.3, 0.4) is 0 Å². The predicted octanol–water partition coefficient (Wildman–Crippen LogP) is 3.72. The van der Waals surface area contributed by atoms with E-state index in [1.54, 1.807) is 0 Å². The van der Waals surface area contributed by atoms with Crippen molar-refractivity contribution in [3.05, 3.63) is 36.4 Å². The van der Waals surface area contributed by atoms with Crippen molar-refractivity contribution in [1.29, 1.82) is 0 Å². The Morgan fingerprint density at radius 2 is 1.00 bits per heavy atom. The van der Waals surface area contributed by atoms with E-state index in [-0.39, 0.29) is 0 Å². The minimum absolute atomic E-state index is 0.493. The Kier molecular flexibility index (Phi) is 8.52. The van der Waals surface area contributed by atoms with E-state index >= 15 is 0 Å². The highest BCUT2D eigenvalue weighted by Gasteiger charge is 2.26. The third kappa shape index (κ3) is 8.02. The van der Waals surface area contributed by atoms with Crippen LogP contribution in [0.1, 0.15) is 52.4 Å². The molecule has 0 unspecified atom stereocenters. The average Bonchev–Trinajstić information content (AvgIpc) is 3.30. The van der Waals surface area contributed by atoms with Crippen LogP contribution >= 0.6 is 0 Å². The van der Waals surface area contributed by atoms with Gasteiger partial charge in [-0.25, -0.2) is 0 Å². The molecule has 1 aromatic carbocycles. The lowest BCUT2D eigenvalue weighted by molar-refractivity contribution is 0.341. The molecular formula is C17H30N2. The monoisotopic (exact) mass is 262 g/mol. The molecule has 2 saturated carbocycles. The quantitative estimate of drug-likeness (QED) is 0.852. The second kappa shape index (κ2) is 9.99. The second-order valence-corrected chi connectivity index (χ2v) is 5.21. The molecule has 0 radical (unpaired) electrons. The van der Waals surface area contributed by atoms with E-state index in [1.807, 2.05) is 50.2 Å². The number of hydrogen-bond acceptors (Lipinski definition) is 2. The van der Waals surface area contributed by atoms with Gasteiger partial charge in [0.2, 0.25) is 0 Å². The van der Waals surface area contributed by atoms with E-state index in [4.69, 9.17) is 5.73 Å². The Balaban J connectivity index is 0.000000192. The van der Waals surface area contributed by atoms with Gasteiger partial charge in [0.15, 0.2) is 0 Å². The Hall–Kier alpha value is -0.860. The van der Waals surface area contributed by atoms with Crippen LogP contribution in [0.4, 0.5) is 0 Å². The molecule has 2 heteroatoms. The van der Waals surface area contributed by atoms with Gasteiger partial charge >= 0.3 is 0 Å². The number of hydrogen-bond donors (Lipinski definition) is 2. The van der Waals surface area contributed by atoms with Crippen LogP contribution in [-0.4, -0.2) is 18.1 Å². The van der Waals surface area contributed by atoms with Crippen LogP contribution in [0.2, 0.25) is 0 Å². The molecule has 2 nitrogen and oxygen atoms in total. The summed E-state index contributed by atoms with van der Waals surface area (Å²) >= 11 is 0. The average molecular weight is 262 g/mol. The van der Waals surface area contributed by atoms with Crippen molar-refractivity contribution in [2.75, 3.05) is 0 Å². The van der Waals surface area contributed by atoms with Gasteiger partial charge in [-0.2, -0.15) is 0 Å². The van der Waals surface area contributed by atoms with E-state index in [1.165, 1.54) is 38.5 Å². The Bertz CT molecular complexity index is 261. The van der Waals surface area contributed by atoms with Crippen molar-refractivity contribution in [3.63, 3.8) is 0 Å². The van der Waals surface area contributed by atoms with Crippen molar-refractivity contribution >= 4 is 0 Å². The van der Waals surface area contributed by atoms with Gasteiger partial charge in [0.05, 0.1) is 0 Å². The molecule has 0 atom stereocenters. The van der Waals surface area contributed by atoms with Crippen molar-refractivity contribution < 1.29 is 0 Å². The first-order valence-electron chi connectivity index (χ1n) is 7.86. The normalized spacial score (nSPS) is 25.4. The molecule has 19 heavy (non-hydrogen) atoms. The zero-order valence-corrected chi connectivity index (χ0v) is 12.5. The predicted molar refractivity (Wildman–Crippen MR) is 84.2 cm³/mol. The number of benzene rings is 1. The van der Waals surface area contributed by atoms with Crippen molar-refractivity contribution in [2.24, 2.45) is 5.73 Å². The van der Waals surface area contributed by atoms with E-state index in [0.717, 1.165) is 12.1 Å². The summed E-state index contributed by atoms with van der Waals surface area (Å²) in [6.45, 7) is 4.00. The topological polar surface area (TPSA) is 38.0 Å². The highest BCUT2D eigenvalue weighted by atomic mass is 15.0. The molecule has 0 heterocycles. The fraction of sp³-hybridized carbons (Fsp3) is 0.647. The summed E-state index contributed by atoms with van der Waals surface area (Å²) in [5, 5.41) is 3.66. The summed E-state index contributed by atoms with van der Waals surface area (Å²) in [4.78, 5) is 0. The van der Waals surface area contributed by atoms with Crippen LogP contribution in [0, 0.1) is 0 Å². The molecule has 0 saturated heterocycles. The molecule has 3 N–H and O–H groups in total. The van der Waals surface area contributed by atoms with Gasteiger partial charge < -0.3 is 11.1 Å². The molecule has 3 rings (SSSR count). The van der Waals surface area contributed by atoms with Crippen molar-refractivity contribution in [2.45, 2.75) is 70.5 Å². The van der Waals surface area contributed by atoms with E-state index in [2.05, 4.69) is 5.32 Å². The maximum absolute atomic E-state index is 5.82. The SMILES string of the molecule is CC.NC1CCC(NC2CC2)CC1.c1ccccc1. The van der Waals surface area contributed by atoms with E-state index in [0.29, 0.717) is 6.04 Å². The lowest BCUT2D eigenvalue weighted by Gasteiger charge is -2.26. The second-order valence-electron chi connectivity index (χ2n) is 5.21. The first-order valence-corrected chi connectivity index (χ1v) is 7.86. The summed E-state index contributed by atoms with van der Waals surface area (Å²) in [6, 6.07) is 14.2. The molecule has 108 valence electrons. The summed E-state index contributed by atoms with van der Waals surface area (Å²) in [7, 11) is 0. The minimum atomic E-state index is 0.493. The Morgan fingerprint density at radius 1 is 0.684 bits per heavy atom. The van der Waals surface area contributed by atoms with Gasteiger partial charge in [0.1, 0.15) is 0 Å². The highest BCUT2D eigenvalue weighted by Crippen LogP contribution is 2.24. The maximum Gasteiger partial charge on any atom is 0.00708 e. The van der Waals surface area contributed by atoms with E-state index < -0.39 is 0 Å². The zero-order chi connectivity index (χ0) is 13.9. The first-order chi connectivity index (χ1) is 9.34. The molecule has 0 spiro atoms. The molecule has 2 fully saturated rings. The summed E-state index contributed by atoms with van der Waals surface area (Å²) < 4.78 is 0. The Labute approximate surface area is 118 Å². The largest absolute Gasteiger partial charge is 0.328 e. The minimum Gasteiger partial charge on any atom is -0.328 e.